The van der Waals surface area contributed by atoms with Crippen molar-refractivity contribution in [2.75, 3.05) is 10.6 Å². The van der Waals surface area contributed by atoms with Gasteiger partial charge in [0.15, 0.2) is 5.82 Å². The van der Waals surface area contributed by atoms with Gasteiger partial charge in [-0.3, -0.25) is 0 Å². The van der Waals surface area contributed by atoms with Gasteiger partial charge in [-0.15, -0.1) is 5.10 Å². The molecule has 0 saturated heterocycles. The molecule has 2 heterocycles. The Hall–Kier alpha value is -2.89. The molecule has 0 bridgehead atoms. The molecule has 1 aromatic carbocycles. The summed E-state index contributed by atoms with van der Waals surface area (Å²) < 4.78 is 5.25. The van der Waals surface area contributed by atoms with Crippen LogP contribution in [-0.2, 0) is 13.1 Å². The molecule has 0 saturated carbocycles. The summed E-state index contributed by atoms with van der Waals surface area (Å²) in [6.07, 6.45) is 3.24. The molecule has 0 fully saturated rings. The highest BCUT2D eigenvalue weighted by atomic mass is 16.3. The SMILES string of the molecule is Cc1ccc(CNc2cnnc(NCc3ccco3)n2)cc1. The molecular weight excluding hydrogens is 278 g/mol. The summed E-state index contributed by atoms with van der Waals surface area (Å²) in [5.74, 6) is 1.96. The van der Waals surface area contributed by atoms with Crippen molar-refractivity contribution in [3.05, 3.63) is 65.7 Å². The van der Waals surface area contributed by atoms with Crippen LogP contribution in [-0.4, -0.2) is 15.2 Å². The number of anilines is 2. The lowest BCUT2D eigenvalue weighted by molar-refractivity contribution is 0.517. The summed E-state index contributed by atoms with van der Waals surface area (Å²) in [6, 6.07) is 12.1. The van der Waals surface area contributed by atoms with Crippen molar-refractivity contribution in [1.29, 1.82) is 0 Å². The van der Waals surface area contributed by atoms with Crippen molar-refractivity contribution in [1.82, 2.24) is 15.2 Å². The van der Waals surface area contributed by atoms with Gasteiger partial charge in [-0.05, 0) is 24.6 Å². The van der Waals surface area contributed by atoms with Gasteiger partial charge in [-0.2, -0.15) is 10.1 Å². The normalized spacial score (nSPS) is 10.4. The Morgan fingerprint density at radius 3 is 2.68 bits per heavy atom. The van der Waals surface area contributed by atoms with E-state index in [-0.39, 0.29) is 0 Å². The number of aryl methyl sites for hydroxylation is 1. The molecule has 2 aromatic heterocycles. The van der Waals surface area contributed by atoms with E-state index in [1.807, 2.05) is 12.1 Å². The average molecular weight is 295 g/mol. The third kappa shape index (κ3) is 3.82. The Kier molecular flexibility index (Phi) is 4.29. The minimum absolute atomic E-state index is 0.463. The van der Waals surface area contributed by atoms with Crippen molar-refractivity contribution < 1.29 is 4.42 Å². The maximum absolute atomic E-state index is 5.25. The summed E-state index contributed by atoms with van der Waals surface area (Å²) in [7, 11) is 0. The topological polar surface area (TPSA) is 75.9 Å². The predicted octanol–water partition coefficient (Wildman–Crippen LogP) is 3.00. The van der Waals surface area contributed by atoms with E-state index in [2.05, 4.69) is 57.0 Å². The van der Waals surface area contributed by atoms with Crippen LogP contribution < -0.4 is 10.6 Å². The van der Waals surface area contributed by atoms with E-state index in [0.717, 1.165) is 5.76 Å². The Labute approximate surface area is 128 Å². The quantitative estimate of drug-likeness (QED) is 0.728. The molecule has 2 N–H and O–H groups in total. The lowest BCUT2D eigenvalue weighted by atomic mass is 10.1. The minimum Gasteiger partial charge on any atom is -0.467 e. The molecular formula is C16H17N5O. The van der Waals surface area contributed by atoms with Crippen LogP contribution in [0.25, 0.3) is 0 Å². The van der Waals surface area contributed by atoms with Crippen LogP contribution in [0.5, 0.6) is 0 Å². The maximum atomic E-state index is 5.25. The molecule has 0 amide bonds. The number of hydrogen-bond acceptors (Lipinski definition) is 6. The van der Waals surface area contributed by atoms with Gasteiger partial charge in [0.25, 0.3) is 0 Å². The van der Waals surface area contributed by atoms with Gasteiger partial charge in [-0.1, -0.05) is 29.8 Å². The molecule has 0 unspecified atom stereocenters. The van der Waals surface area contributed by atoms with E-state index in [1.54, 1.807) is 12.5 Å². The number of rotatable bonds is 6. The van der Waals surface area contributed by atoms with Gasteiger partial charge >= 0.3 is 0 Å². The molecule has 0 radical (unpaired) electrons. The van der Waals surface area contributed by atoms with E-state index >= 15 is 0 Å². The monoisotopic (exact) mass is 295 g/mol. The molecule has 6 heteroatoms. The maximum Gasteiger partial charge on any atom is 0.245 e. The largest absolute Gasteiger partial charge is 0.467 e. The van der Waals surface area contributed by atoms with Crippen molar-refractivity contribution in [3.8, 4) is 0 Å². The van der Waals surface area contributed by atoms with Crippen LogP contribution in [0.2, 0.25) is 0 Å². The standard InChI is InChI=1S/C16H17N5O/c1-12-4-6-13(7-5-12)9-17-15-11-19-21-16(20-15)18-10-14-3-2-8-22-14/h2-8,11H,9-10H2,1H3,(H2,17,18,20,21). The van der Waals surface area contributed by atoms with Gasteiger partial charge in [0.05, 0.1) is 19.0 Å². The Balaban J connectivity index is 1.57. The third-order valence-corrected chi connectivity index (χ3v) is 3.15. The summed E-state index contributed by atoms with van der Waals surface area (Å²) in [6.45, 7) is 3.29. The zero-order valence-electron chi connectivity index (χ0n) is 12.3. The Morgan fingerprint density at radius 2 is 1.91 bits per heavy atom. The van der Waals surface area contributed by atoms with Gasteiger partial charge < -0.3 is 15.1 Å². The number of hydrogen-bond donors (Lipinski definition) is 2. The van der Waals surface area contributed by atoms with Crippen LogP contribution in [0, 0.1) is 6.92 Å². The molecule has 0 aliphatic rings. The second-order valence-corrected chi connectivity index (χ2v) is 4.94. The van der Waals surface area contributed by atoms with Crippen LogP contribution in [0.4, 0.5) is 11.8 Å². The molecule has 22 heavy (non-hydrogen) atoms. The zero-order valence-corrected chi connectivity index (χ0v) is 12.3. The van der Waals surface area contributed by atoms with Gasteiger partial charge in [0.2, 0.25) is 5.95 Å². The fourth-order valence-corrected chi connectivity index (χ4v) is 1.94. The van der Waals surface area contributed by atoms with E-state index in [4.69, 9.17) is 4.42 Å². The molecule has 0 aliphatic heterocycles. The molecule has 0 spiro atoms. The summed E-state index contributed by atoms with van der Waals surface area (Å²) >= 11 is 0. The fourth-order valence-electron chi connectivity index (χ4n) is 1.94. The van der Waals surface area contributed by atoms with Crippen molar-refractivity contribution in [3.63, 3.8) is 0 Å². The number of nitrogens with one attached hydrogen (secondary N) is 2. The smallest absolute Gasteiger partial charge is 0.245 e. The molecule has 0 aliphatic carbocycles. The highest BCUT2D eigenvalue weighted by molar-refractivity contribution is 5.38. The number of benzene rings is 1. The Morgan fingerprint density at radius 1 is 1.05 bits per heavy atom. The molecule has 3 aromatic rings. The molecule has 0 atom stereocenters. The third-order valence-electron chi connectivity index (χ3n) is 3.15. The van der Waals surface area contributed by atoms with Crippen LogP contribution in [0.1, 0.15) is 16.9 Å². The zero-order chi connectivity index (χ0) is 15.2. The highest BCUT2D eigenvalue weighted by Crippen LogP contribution is 2.09. The molecule has 6 nitrogen and oxygen atoms in total. The first-order chi connectivity index (χ1) is 10.8. The van der Waals surface area contributed by atoms with E-state index in [0.29, 0.717) is 24.9 Å². The van der Waals surface area contributed by atoms with E-state index < -0.39 is 0 Å². The summed E-state index contributed by atoms with van der Waals surface area (Å²) in [4.78, 5) is 4.37. The number of furan rings is 1. The molecule has 112 valence electrons. The molecule has 3 rings (SSSR count). The van der Waals surface area contributed by atoms with Gasteiger partial charge in [-0.25, -0.2) is 0 Å². The van der Waals surface area contributed by atoms with Gasteiger partial charge in [0, 0.05) is 6.54 Å². The number of aromatic nitrogens is 3. The fraction of sp³-hybridized carbons (Fsp3) is 0.188. The van der Waals surface area contributed by atoms with E-state index in [1.165, 1.54) is 11.1 Å². The van der Waals surface area contributed by atoms with Crippen molar-refractivity contribution in [2.24, 2.45) is 0 Å². The van der Waals surface area contributed by atoms with Crippen molar-refractivity contribution >= 4 is 11.8 Å². The lowest BCUT2D eigenvalue weighted by Gasteiger charge is -2.07. The van der Waals surface area contributed by atoms with Gasteiger partial charge in [0.1, 0.15) is 5.76 Å². The van der Waals surface area contributed by atoms with Crippen LogP contribution >= 0.6 is 0 Å². The first-order valence-corrected chi connectivity index (χ1v) is 7.05. The second-order valence-electron chi connectivity index (χ2n) is 4.94. The number of nitrogens with zero attached hydrogens (tertiary/aromatic N) is 3. The Bertz CT molecular complexity index is 710. The highest BCUT2D eigenvalue weighted by Gasteiger charge is 2.02. The lowest BCUT2D eigenvalue weighted by Crippen LogP contribution is -2.07. The predicted molar refractivity (Wildman–Crippen MR) is 84.4 cm³/mol. The average Bonchev–Trinajstić information content (AvgIpc) is 3.06. The first-order valence-electron chi connectivity index (χ1n) is 7.05. The minimum atomic E-state index is 0.463. The van der Waals surface area contributed by atoms with Crippen LogP contribution in [0.15, 0.2) is 53.3 Å². The summed E-state index contributed by atoms with van der Waals surface area (Å²) in [5.41, 5.74) is 2.44. The van der Waals surface area contributed by atoms with Crippen molar-refractivity contribution in [2.45, 2.75) is 20.0 Å². The van der Waals surface area contributed by atoms with E-state index in [9.17, 15) is 0 Å². The first kappa shape index (κ1) is 14.1. The second kappa shape index (κ2) is 6.71. The summed E-state index contributed by atoms with van der Waals surface area (Å²) in [5, 5.41) is 14.2. The van der Waals surface area contributed by atoms with Crippen LogP contribution in [0.3, 0.4) is 0 Å².